The molecule has 1 amide bonds. The van der Waals surface area contributed by atoms with E-state index in [1.807, 2.05) is 0 Å². The summed E-state index contributed by atoms with van der Waals surface area (Å²) in [6.45, 7) is -0.567. The van der Waals surface area contributed by atoms with Crippen LogP contribution in [0, 0.1) is 5.92 Å². The number of sulfone groups is 1. The molecule has 4 rings (SSSR count). The van der Waals surface area contributed by atoms with Crippen molar-refractivity contribution in [3.63, 3.8) is 0 Å². The van der Waals surface area contributed by atoms with Crippen LogP contribution >= 0.6 is 11.6 Å². The van der Waals surface area contributed by atoms with Gasteiger partial charge in [0.05, 0.1) is 27.4 Å². The van der Waals surface area contributed by atoms with Gasteiger partial charge in [0.2, 0.25) is 5.91 Å². The van der Waals surface area contributed by atoms with E-state index in [4.69, 9.17) is 11.6 Å². The van der Waals surface area contributed by atoms with E-state index in [2.05, 4.69) is 5.10 Å². The monoisotopic (exact) mass is 457 g/mol. The first-order chi connectivity index (χ1) is 14.1. The zero-order valence-corrected chi connectivity index (χ0v) is 18.0. The summed E-state index contributed by atoms with van der Waals surface area (Å²) in [5.41, 5.74) is 1.54. The Hall–Kier alpha value is -2.00. The van der Waals surface area contributed by atoms with Crippen molar-refractivity contribution in [3.05, 3.63) is 35.5 Å². The Kier molecular flexibility index (Phi) is 5.38. The fourth-order valence-electron chi connectivity index (χ4n) is 4.36. The van der Waals surface area contributed by atoms with Crippen LogP contribution in [0.5, 0.6) is 0 Å². The van der Waals surface area contributed by atoms with E-state index in [1.165, 1.54) is 6.07 Å². The molecule has 0 bridgehead atoms. The Bertz CT molecular complexity index is 1090. The van der Waals surface area contributed by atoms with Gasteiger partial charge in [-0.05, 0) is 37.5 Å². The summed E-state index contributed by atoms with van der Waals surface area (Å²) < 4.78 is 54.8. The third-order valence-corrected chi connectivity index (χ3v) is 8.71. The molecule has 1 saturated heterocycles. The summed E-state index contributed by atoms with van der Waals surface area (Å²) in [5, 5.41) is 3.45. The van der Waals surface area contributed by atoms with Crippen molar-refractivity contribution in [3.8, 4) is 11.3 Å². The van der Waals surface area contributed by atoms with Gasteiger partial charge in [-0.2, -0.15) is 5.10 Å². The lowest BCUT2D eigenvalue weighted by Gasteiger charge is -2.20. The molecule has 1 aliphatic heterocycles. The van der Waals surface area contributed by atoms with Gasteiger partial charge in [-0.3, -0.25) is 9.48 Å². The molecule has 30 heavy (non-hydrogen) atoms. The number of aromatic nitrogens is 2. The van der Waals surface area contributed by atoms with Gasteiger partial charge in [-0.15, -0.1) is 0 Å². The molecule has 1 aliphatic carbocycles. The lowest BCUT2D eigenvalue weighted by molar-refractivity contribution is -0.135. The van der Waals surface area contributed by atoms with Crippen LogP contribution in [-0.4, -0.2) is 53.3 Å². The normalized spacial score (nSPS) is 23.8. The van der Waals surface area contributed by atoms with E-state index in [1.54, 1.807) is 36.1 Å². The lowest BCUT2D eigenvalue weighted by Crippen LogP contribution is -2.35. The molecule has 6 nitrogen and oxygen atoms in total. The molecule has 0 radical (unpaired) electrons. The van der Waals surface area contributed by atoms with E-state index in [-0.39, 0.29) is 35.2 Å². The highest BCUT2D eigenvalue weighted by Gasteiger charge is 2.45. The molecule has 10 heteroatoms. The number of carbonyl (C=O) groups is 1. The molecule has 1 saturated carbocycles. The fourth-order valence-corrected chi connectivity index (χ4v) is 6.74. The molecular weight excluding hydrogens is 436 g/mol. The summed E-state index contributed by atoms with van der Waals surface area (Å²) in [6, 6.07) is 6.56. The van der Waals surface area contributed by atoms with E-state index in [0.717, 1.165) is 16.2 Å². The number of likely N-dealkylation sites (tertiary alicyclic amines) is 1. The molecule has 0 unspecified atom stereocenters. The zero-order valence-electron chi connectivity index (χ0n) is 16.4. The number of hydrogen-bond donors (Lipinski definition) is 0. The zero-order chi connectivity index (χ0) is 21.7. The second-order valence-corrected chi connectivity index (χ2v) is 10.6. The molecule has 2 heterocycles. The fraction of sp³-hybridized carbons (Fsp3) is 0.500. The number of aryl methyl sites for hydroxylation is 1. The molecule has 2 aromatic rings. The smallest absolute Gasteiger partial charge is 0.267 e. The molecule has 0 N–H and O–H groups in total. The SMILES string of the molecule is Cn1nccc1-c1ccc(S(=O)(=O)[C@@H]2CC[C@@H](C(=O)N3CCC(F)(F)C3)C2)c(Cl)c1. The highest BCUT2D eigenvalue weighted by molar-refractivity contribution is 7.92. The second-order valence-electron chi connectivity index (χ2n) is 8.03. The maximum atomic E-state index is 13.4. The first-order valence-corrected chi connectivity index (χ1v) is 11.7. The molecule has 2 atom stereocenters. The van der Waals surface area contributed by atoms with Gasteiger partial charge >= 0.3 is 0 Å². The molecule has 2 fully saturated rings. The molecule has 1 aromatic carbocycles. The van der Waals surface area contributed by atoms with Crippen molar-refractivity contribution in [2.75, 3.05) is 13.1 Å². The van der Waals surface area contributed by atoms with Gasteiger partial charge < -0.3 is 4.90 Å². The summed E-state index contributed by atoms with van der Waals surface area (Å²) in [5.74, 6) is -3.78. The van der Waals surface area contributed by atoms with Crippen LogP contribution in [0.2, 0.25) is 5.02 Å². The number of amides is 1. The van der Waals surface area contributed by atoms with Crippen LogP contribution in [0.15, 0.2) is 35.4 Å². The largest absolute Gasteiger partial charge is 0.336 e. The average molecular weight is 458 g/mol. The molecular formula is C20H22ClF2N3O3S. The van der Waals surface area contributed by atoms with Crippen LogP contribution in [0.1, 0.15) is 25.7 Å². The highest BCUT2D eigenvalue weighted by Crippen LogP contribution is 2.39. The number of rotatable bonds is 4. The Morgan fingerprint density at radius 3 is 2.63 bits per heavy atom. The highest BCUT2D eigenvalue weighted by atomic mass is 35.5. The summed E-state index contributed by atoms with van der Waals surface area (Å²) in [6.07, 6.45) is 2.10. The predicted molar refractivity (Wildman–Crippen MR) is 108 cm³/mol. The van der Waals surface area contributed by atoms with Crippen molar-refractivity contribution in [1.82, 2.24) is 14.7 Å². The Balaban J connectivity index is 1.50. The van der Waals surface area contributed by atoms with Crippen molar-refractivity contribution < 1.29 is 22.0 Å². The van der Waals surface area contributed by atoms with E-state index in [0.29, 0.717) is 12.8 Å². The van der Waals surface area contributed by atoms with Gasteiger partial charge in [-0.25, -0.2) is 17.2 Å². The second kappa shape index (κ2) is 7.60. The van der Waals surface area contributed by atoms with Crippen molar-refractivity contribution in [1.29, 1.82) is 0 Å². The topological polar surface area (TPSA) is 72.3 Å². The maximum absolute atomic E-state index is 13.4. The van der Waals surface area contributed by atoms with Crippen molar-refractivity contribution >= 4 is 27.3 Å². The minimum absolute atomic E-state index is 0.0149. The number of halogens is 3. The van der Waals surface area contributed by atoms with E-state index >= 15 is 0 Å². The molecule has 1 aromatic heterocycles. The number of hydrogen-bond acceptors (Lipinski definition) is 4. The minimum Gasteiger partial charge on any atom is -0.336 e. The van der Waals surface area contributed by atoms with Gasteiger partial charge in [0, 0.05) is 37.7 Å². The quantitative estimate of drug-likeness (QED) is 0.703. The first-order valence-electron chi connectivity index (χ1n) is 9.77. The van der Waals surface area contributed by atoms with Crippen LogP contribution in [0.3, 0.4) is 0 Å². The third kappa shape index (κ3) is 3.85. The Morgan fingerprint density at radius 2 is 2.03 bits per heavy atom. The standard InChI is InChI=1S/C20H22ClF2N3O3S/c1-25-17(6-8-24-25)13-3-5-18(16(21)11-13)30(28,29)15-4-2-14(10-15)19(27)26-9-7-20(22,23)12-26/h3,5-6,8,11,14-15H,2,4,7,9-10,12H2,1H3/t14-,15-/m1/s1. The van der Waals surface area contributed by atoms with E-state index < -0.39 is 33.5 Å². The lowest BCUT2D eigenvalue weighted by atomic mass is 10.1. The number of nitrogens with zero attached hydrogens (tertiary/aromatic N) is 3. The van der Waals surface area contributed by atoms with Gasteiger partial charge in [0.15, 0.2) is 9.84 Å². The summed E-state index contributed by atoms with van der Waals surface area (Å²) in [4.78, 5) is 13.8. The Morgan fingerprint density at radius 1 is 1.27 bits per heavy atom. The van der Waals surface area contributed by atoms with Crippen molar-refractivity contribution in [2.45, 2.75) is 41.8 Å². The van der Waals surface area contributed by atoms with Crippen LogP contribution in [0.25, 0.3) is 11.3 Å². The number of carbonyl (C=O) groups excluding carboxylic acids is 1. The maximum Gasteiger partial charge on any atom is 0.267 e. The minimum atomic E-state index is -3.75. The average Bonchev–Trinajstić information content (AvgIpc) is 3.40. The van der Waals surface area contributed by atoms with Crippen molar-refractivity contribution in [2.24, 2.45) is 13.0 Å². The summed E-state index contributed by atoms with van der Waals surface area (Å²) >= 11 is 6.33. The molecule has 0 spiro atoms. The van der Waals surface area contributed by atoms with Gasteiger partial charge in [-0.1, -0.05) is 17.7 Å². The van der Waals surface area contributed by atoms with Crippen LogP contribution in [0.4, 0.5) is 8.78 Å². The molecule has 2 aliphatic rings. The predicted octanol–water partition coefficient (Wildman–Crippen LogP) is 3.55. The number of benzene rings is 1. The van der Waals surface area contributed by atoms with Gasteiger partial charge in [0.25, 0.3) is 5.92 Å². The summed E-state index contributed by atoms with van der Waals surface area (Å²) in [7, 11) is -1.97. The third-order valence-electron chi connectivity index (χ3n) is 6.01. The molecule has 162 valence electrons. The first kappa shape index (κ1) is 21.2. The Labute approximate surface area is 178 Å². The number of alkyl halides is 2. The van der Waals surface area contributed by atoms with Gasteiger partial charge in [0.1, 0.15) is 0 Å². The van der Waals surface area contributed by atoms with Crippen LogP contribution < -0.4 is 0 Å². The van der Waals surface area contributed by atoms with Crippen LogP contribution in [-0.2, 0) is 21.7 Å². The van der Waals surface area contributed by atoms with E-state index in [9.17, 15) is 22.0 Å².